The molecule has 5 heterocycles. The molecule has 0 bridgehead atoms. The van der Waals surface area contributed by atoms with Gasteiger partial charge in [-0.3, -0.25) is 4.40 Å². The molecule has 0 amide bonds. The number of anilines is 1. The Morgan fingerprint density at radius 3 is 2.33 bits per heavy atom. The molecule has 4 nitrogen and oxygen atoms in total. The minimum atomic E-state index is 0.0580. The molecule has 0 radical (unpaired) electrons. The van der Waals surface area contributed by atoms with Gasteiger partial charge >= 0.3 is 0 Å². The maximum absolute atomic E-state index is 5.34. The number of nitrogens with one attached hydrogen (secondary N) is 1. The van der Waals surface area contributed by atoms with Crippen LogP contribution in [0.25, 0.3) is 86.0 Å². The fourth-order valence-electron chi connectivity index (χ4n) is 8.53. The third-order valence-electron chi connectivity index (χ3n) is 10.6. The highest BCUT2D eigenvalue weighted by Crippen LogP contribution is 2.52. The van der Waals surface area contributed by atoms with Crippen molar-refractivity contribution in [1.82, 2.24) is 8.97 Å². The molecule has 1 atom stereocenters. The number of aliphatic imine (C=N–C) groups is 1. The highest BCUT2D eigenvalue weighted by molar-refractivity contribution is 7.26. The molecule has 5 heteroatoms. The summed E-state index contributed by atoms with van der Waals surface area (Å²) in [6.45, 7) is 0. The van der Waals surface area contributed by atoms with Crippen LogP contribution in [0.15, 0.2) is 151 Å². The Hall–Kier alpha value is -6.17. The van der Waals surface area contributed by atoms with E-state index < -0.39 is 0 Å². The Balaban J connectivity index is 1.16. The van der Waals surface area contributed by atoms with Crippen LogP contribution in [0, 0.1) is 0 Å². The van der Waals surface area contributed by atoms with Crippen LogP contribution < -0.4 is 5.32 Å². The molecule has 12 rings (SSSR count). The summed E-state index contributed by atoms with van der Waals surface area (Å²) in [6.07, 6.45) is 8.53. The lowest BCUT2D eigenvalue weighted by Crippen LogP contribution is -2.30. The zero-order valence-electron chi connectivity index (χ0n) is 26.2. The molecular weight excluding hydrogens is 617 g/mol. The van der Waals surface area contributed by atoms with Crippen molar-refractivity contribution in [3.05, 3.63) is 146 Å². The van der Waals surface area contributed by atoms with Crippen LogP contribution in [0.2, 0.25) is 0 Å². The van der Waals surface area contributed by atoms with Crippen LogP contribution in [0.4, 0.5) is 11.5 Å². The summed E-state index contributed by atoms with van der Waals surface area (Å²) in [5.41, 5.74) is 10.6. The Labute approximate surface area is 284 Å². The van der Waals surface area contributed by atoms with E-state index in [0.717, 1.165) is 17.2 Å². The lowest BCUT2D eigenvalue weighted by Gasteiger charge is -2.23. The van der Waals surface area contributed by atoms with E-state index in [4.69, 9.17) is 4.99 Å². The second-order valence-corrected chi connectivity index (χ2v) is 14.3. The van der Waals surface area contributed by atoms with Crippen molar-refractivity contribution >= 4 is 97.7 Å². The Morgan fingerprint density at radius 1 is 0.592 bits per heavy atom. The van der Waals surface area contributed by atoms with Crippen molar-refractivity contribution in [1.29, 1.82) is 0 Å². The zero-order chi connectivity index (χ0) is 31.8. The van der Waals surface area contributed by atoms with Gasteiger partial charge in [0.2, 0.25) is 0 Å². The van der Waals surface area contributed by atoms with E-state index in [0.29, 0.717) is 0 Å². The third-order valence-corrected chi connectivity index (χ3v) is 11.7. The molecule has 4 aromatic heterocycles. The number of aromatic nitrogens is 2. The number of fused-ring (bicyclic) bond motifs is 14. The molecule has 0 fully saturated rings. The molecule has 6 aromatic carbocycles. The molecule has 2 aliphatic rings. The Bertz CT molecular complexity index is 3130. The van der Waals surface area contributed by atoms with Gasteiger partial charge in [-0.2, -0.15) is 0 Å². The summed E-state index contributed by atoms with van der Waals surface area (Å²) in [6, 6.07) is 44.7. The largest absolute Gasteiger partial charge is 0.357 e. The molecule has 1 unspecified atom stereocenters. The normalized spacial score (nSPS) is 15.7. The van der Waals surface area contributed by atoms with Gasteiger partial charge in [0, 0.05) is 52.8 Å². The quantitative estimate of drug-likeness (QED) is 0.200. The second kappa shape index (κ2) is 9.25. The summed E-state index contributed by atoms with van der Waals surface area (Å²) >= 11 is 1.88. The van der Waals surface area contributed by atoms with Gasteiger partial charge < -0.3 is 9.88 Å². The standard InChI is InChI=1S/C44H26N4S/c1-2-10-27(11-3-1)47-35-16-8-4-12-28(35)29-20-18-26(23-37(29)47)25-19-21-36-31(22-25)32-24-39-40(30-13-5-9-17-38(30)49-39)41-42-44(48(36)43(32)41)46-34-15-7-6-14-33(34)45-42/h1-24,34,46H. The number of para-hydroxylation sites is 2. The molecule has 1 aliphatic carbocycles. The smallest absolute Gasteiger partial charge is 0.139 e. The van der Waals surface area contributed by atoms with E-state index in [9.17, 15) is 0 Å². The van der Waals surface area contributed by atoms with E-state index in [1.54, 1.807) is 0 Å². The van der Waals surface area contributed by atoms with E-state index >= 15 is 0 Å². The van der Waals surface area contributed by atoms with Crippen molar-refractivity contribution in [3.8, 4) is 16.8 Å². The molecule has 228 valence electrons. The molecule has 0 spiro atoms. The second-order valence-electron chi connectivity index (χ2n) is 13.2. The molecule has 49 heavy (non-hydrogen) atoms. The summed E-state index contributed by atoms with van der Waals surface area (Å²) in [5, 5.41) is 12.8. The van der Waals surface area contributed by atoms with Crippen LogP contribution >= 0.6 is 11.3 Å². The highest BCUT2D eigenvalue weighted by atomic mass is 32.1. The maximum Gasteiger partial charge on any atom is 0.139 e. The van der Waals surface area contributed by atoms with Crippen LogP contribution in [0.5, 0.6) is 0 Å². The zero-order valence-corrected chi connectivity index (χ0v) is 27.0. The minimum Gasteiger partial charge on any atom is -0.357 e. The predicted molar refractivity (Wildman–Crippen MR) is 209 cm³/mol. The van der Waals surface area contributed by atoms with Crippen LogP contribution in [0.3, 0.4) is 0 Å². The SMILES string of the molecule is C1=CC2=Nc3c(n4c5ccc(-c6ccc7c8ccccc8n(-c8ccccc8)c7c6)cc5c5cc6sc7ccccc7c6c3c54)NC2C=C1. The molecule has 1 aliphatic heterocycles. The summed E-state index contributed by atoms with van der Waals surface area (Å²) in [7, 11) is 0. The third kappa shape index (κ3) is 3.35. The number of allylic oxidation sites excluding steroid dienone is 2. The number of rotatable bonds is 2. The van der Waals surface area contributed by atoms with Crippen LogP contribution in [0.1, 0.15) is 0 Å². The van der Waals surface area contributed by atoms with Crippen molar-refractivity contribution in [2.45, 2.75) is 6.04 Å². The number of hydrogen-bond donors (Lipinski definition) is 1. The first-order valence-electron chi connectivity index (χ1n) is 16.8. The first kappa shape index (κ1) is 25.9. The van der Waals surface area contributed by atoms with Gasteiger partial charge in [-0.25, -0.2) is 4.99 Å². The van der Waals surface area contributed by atoms with Gasteiger partial charge in [-0.1, -0.05) is 91.0 Å². The van der Waals surface area contributed by atoms with E-state index in [2.05, 4.69) is 160 Å². The number of benzene rings is 6. The average molecular weight is 643 g/mol. The molecule has 10 aromatic rings. The van der Waals surface area contributed by atoms with Crippen LogP contribution in [-0.4, -0.2) is 20.7 Å². The molecule has 1 N–H and O–H groups in total. The fourth-order valence-corrected chi connectivity index (χ4v) is 9.69. The minimum absolute atomic E-state index is 0.0580. The number of thiophene rings is 1. The number of hydrogen-bond acceptors (Lipinski definition) is 3. The lowest BCUT2D eigenvalue weighted by molar-refractivity contribution is 1.09. The predicted octanol–water partition coefficient (Wildman–Crippen LogP) is 11.8. The molecule has 0 saturated heterocycles. The monoisotopic (exact) mass is 642 g/mol. The van der Waals surface area contributed by atoms with Gasteiger partial charge in [0.25, 0.3) is 0 Å². The Kier molecular flexibility index (Phi) is 4.88. The average Bonchev–Trinajstić information content (AvgIpc) is 3.88. The van der Waals surface area contributed by atoms with Crippen LogP contribution in [-0.2, 0) is 0 Å². The van der Waals surface area contributed by atoms with Crippen molar-refractivity contribution < 1.29 is 0 Å². The van der Waals surface area contributed by atoms with E-state index in [1.807, 2.05) is 11.3 Å². The first-order chi connectivity index (χ1) is 24.3. The van der Waals surface area contributed by atoms with E-state index in [-0.39, 0.29) is 6.04 Å². The summed E-state index contributed by atoms with van der Waals surface area (Å²) < 4.78 is 7.45. The maximum atomic E-state index is 5.34. The fraction of sp³-hybridized carbons (Fsp3) is 0.0227. The van der Waals surface area contributed by atoms with Crippen molar-refractivity contribution in [3.63, 3.8) is 0 Å². The highest BCUT2D eigenvalue weighted by Gasteiger charge is 2.30. The topological polar surface area (TPSA) is 33.7 Å². The van der Waals surface area contributed by atoms with Crippen molar-refractivity contribution in [2.24, 2.45) is 4.99 Å². The Morgan fingerprint density at radius 2 is 1.39 bits per heavy atom. The number of nitrogens with zero attached hydrogens (tertiary/aromatic N) is 3. The van der Waals surface area contributed by atoms with Crippen molar-refractivity contribution in [2.75, 3.05) is 5.32 Å². The van der Waals surface area contributed by atoms with Gasteiger partial charge in [-0.05, 0) is 65.7 Å². The summed E-state index contributed by atoms with van der Waals surface area (Å²) in [5.74, 6) is 1.08. The van der Waals surface area contributed by atoms with Gasteiger partial charge in [-0.15, -0.1) is 11.3 Å². The molecule has 0 saturated carbocycles. The summed E-state index contributed by atoms with van der Waals surface area (Å²) in [4.78, 5) is 5.34. The van der Waals surface area contributed by atoms with Gasteiger partial charge in [0.15, 0.2) is 0 Å². The van der Waals surface area contributed by atoms with E-state index in [1.165, 1.54) is 86.0 Å². The molecular formula is C44H26N4S. The van der Waals surface area contributed by atoms with Gasteiger partial charge in [0.05, 0.1) is 33.8 Å². The van der Waals surface area contributed by atoms with Gasteiger partial charge in [0.1, 0.15) is 11.5 Å². The lowest BCUT2D eigenvalue weighted by atomic mass is 9.99. The first-order valence-corrected chi connectivity index (χ1v) is 17.6.